The van der Waals surface area contributed by atoms with E-state index in [9.17, 15) is 13.2 Å². The third-order valence-electron chi connectivity index (χ3n) is 3.86. The minimum Gasteiger partial charge on any atom is -0.379 e. The van der Waals surface area contributed by atoms with Gasteiger partial charge < -0.3 is 20.1 Å². The molecule has 0 aliphatic carbocycles. The second kappa shape index (κ2) is 10.8. The molecule has 25 heavy (non-hydrogen) atoms. The smallest absolute Gasteiger partial charge is 0.379 e. The second-order valence-corrected chi connectivity index (χ2v) is 6.56. The van der Waals surface area contributed by atoms with Gasteiger partial charge in [0.1, 0.15) is 6.61 Å². The van der Waals surface area contributed by atoms with E-state index >= 15 is 0 Å². The minimum atomic E-state index is -4.27. The molecule has 0 aromatic carbocycles. The summed E-state index contributed by atoms with van der Waals surface area (Å²) in [5, 5.41) is 6.28. The Morgan fingerprint density at radius 3 is 2.48 bits per heavy atom. The van der Waals surface area contributed by atoms with Crippen LogP contribution in [-0.4, -0.2) is 81.7 Å². The van der Waals surface area contributed by atoms with Gasteiger partial charge in [0.2, 0.25) is 0 Å². The van der Waals surface area contributed by atoms with Crippen LogP contribution in [0.4, 0.5) is 13.2 Å². The summed E-state index contributed by atoms with van der Waals surface area (Å²) in [7, 11) is 0. The van der Waals surface area contributed by atoms with Crippen LogP contribution in [0.3, 0.4) is 0 Å². The Kier molecular flexibility index (Phi) is 9.52. The maximum atomic E-state index is 12.0. The molecule has 1 saturated heterocycles. The van der Waals surface area contributed by atoms with Crippen LogP contribution in [0, 0.1) is 0 Å². The zero-order valence-electron chi connectivity index (χ0n) is 15.4. The van der Waals surface area contributed by atoms with Crippen molar-refractivity contribution in [2.45, 2.75) is 38.9 Å². The molecule has 0 bridgehead atoms. The van der Waals surface area contributed by atoms with Crippen LogP contribution < -0.4 is 10.6 Å². The number of halogens is 3. The van der Waals surface area contributed by atoms with Crippen molar-refractivity contribution in [2.75, 3.05) is 59.2 Å². The highest BCUT2D eigenvalue weighted by atomic mass is 19.4. The van der Waals surface area contributed by atoms with Crippen LogP contribution in [-0.2, 0) is 9.47 Å². The van der Waals surface area contributed by atoms with E-state index in [0.29, 0.717) is 32.0 Å². The van der Waals surface area contributed by atoms with Crippen molar-refractivity contribution >= 4 is 5.96 Å². The number of hydrogen-bond acceptors (Lipinski definition) is 4. The highest BCUT2D eigenvalue weighted by molar-refractivity contribution is 5.79. The van der Waals surface area contributed by atoms with Gasteiger partial charge in [-0.15, -0.1) is 0 Å². The van der Waals surface area contributed by atoms with Crippen LogP contribution in [0.25, 0.3) is 0 Å². The molecule has 9 heteroatoms. The van der Waals surface area contributed by atoms with Gasteiger partial charge in [-0.1, -0.05) is 0 Å². The van der Waals surface area contributed by atoms with E-state index in [2.05, 4.69) is 39.1 Å². The van der Waals surface area contributed by atoms with Crippen molar-refractivity contribution < 1.29 is 22.6 Å². The number of nitrogens with zero attached hydrogens (tertiary/aromatic N) is 2. The molecule has 2 N–H and O–H groups in total. The van der Waals surface area contributed by atoms with Gasteiger partial charge in [-0.05, 0) is 27.2 Å². The lowest BCUT2D eigenvalue weighted by Crippen LogP contribution is -2.52. The normalized spacial score (nSPS) is 17.6. The molecule has 0 saturated carbocycles. The predicted octanol–water partition coefficient (Wildman–Crippen LogP) is 1.62. The maximum Gasteiger partial charge on any atom is 0.411 e. The zero-order valence-corrected chi connectivity index (χ0v) is 15.4. The molecule has 0 aromatic heterocycles. The van der Waals surface area contributed by atoms with Crippen molar-refractivity contribution in [3.05, 3.63) is 0 Å². The first-order valence-electron chi connectivity index (χ1n) is 8.74. The molecule has 1 rings (SSSR count). The van der Waals surface area contributed by atoms with Crippen LogP contribution in [0.5, 0.6) is 0 Å². The molecule has 1 aliphatic rings. The summed E-state index contributed by atoms with van der Waals surface area (Å²) < 4.78 is 45.9. The van der Waals surface area contributed by atoms with Crippen LogP contribution >= 0.6 is 0 Å². The van der Waals surface area contributed by atoms with Crippen LogP contribution in [0.1, 0.15) is 27.2 Å². The Morgan fingerprint density at radius 2 is 1.88 bits per heavy atom. The highest BCUT2D eigenvalue weighted by Gasteiger charge is 2.28. The minimum absolute atomic E-state index is 0.0607. The lowest BCUT2D eigenvalue weighted by molar-refractivity contribution is -0.173. The number of guanidine groups is 1. The highest BCUT2D eigenvalue weighted by Crippen LogP contribution is 2.16. The molecular formula is C16H31F3N4O2. The summed E-state index contributed by atoms with van der Waals surface area (Å²) in [6.07, 6.45) is -3.79. The molecule has 0 spiro atoms. The number of alkyl halides is 3. The summed E-state index contributed by atoms with van der Waals surface area (Å²) in [6.45, 7) is 10.2. The lowest BCUT2D eigenvalue weighted by atomic mass is 10.0. The molecular weight excluding hydrogens is 337 g/mol. The number of ether oxygens (including phenoxy) is 2. The summed E-state index contributed by atoms with van der Waals surface area (Å²) in [5.41, 5.74) is -0.0814. The van der Waals surface area contributed by atoms with Crippen LogP contribution in [0.15, 0.2) is 4.99 Å². The molecule has 1 aliphatic heterocycles. The van der Waals surface area contributed by atoms with E-state index in [1.807, 2.05) is 6.92 Å². The lowest BCUT2D eigenvalue weighted by Gasteiger charge is -2.39. The maximum absolute atomic E-state index is 12.0. The fraction of sp³-hybridized carbons (Fsp3) is 0.938. The first kappa shape index (κ1) is 22.0. The fourth-order valence-electron chi connectivity index (χ4n) is 2.45. The molecule has 148 valence electrons. The number of hydrogen-bond donors (Lipinski definition) is 2. The number of nitrogens with one attached hydrogen (secondary N) is 2. The monoisotopic (exact) mass is 368 g/mol. The van der Waals surface area contributed by atoms with Gasteiger partial charge in [-0.2, -0.15) is 13.2 Å². The Balaban J connectivity index is 2.35. The summed E-state index contributed by atoms with van der Waals surface area (Å²) in [6, 6.07) is 0. The Bertz CT molecular complexity index is 397. The number of aliphatic imine (C=N–C) groups is 1. The third kappa shape index (κ3) is 9.86. The summed E-state index contributed by atoms with van der Waals surface area (Å²) >= 11 is 0. The second-order valence-electron chi connectivity index (χ2n) is 6.56. The molecule has 0 radical (unpaired) electrons. The molecule has 0 atom stereocenters. The molecule has 0 aromatic rings. The third-order valence-corrected chi connectivity index (χ3v) is 3.86. The van der Waals surface area contributed by atoms with Gasteiger partial charge in [0.15, 0.2) is 5.96 Å². The van der Waals surface area contributed by atoms with Crippen molar-refractivity contribution in [1.29, 1.82) is 0 Å². The topological polar surface area (TPSA) is 58.1 Å². The van der Waals surface area contributed by atoms with Crippen molar-refractivity contribution in [2.24, 2.45) is 4.99 Å². The zero-order chi connectivity index (χ0) is 18.8. The largest absolute Gasteiger partial charge is 0.411 e. The van der Waals surface area contributed by atoms with E-state index in [0.717, 1.165) is 26.3 Å². The van der Waals surface area contributed by atoms with Gasteiger partial charge in [0.05, 0.1) is 19.8 Å². The van der Waals surface area contributed by atoms with E-state index in [1.54, 1.807) is 0 Å². The van der Waals surface area contributed by atoms with Gasteiger partial charge in [0.25, 0.3) is 0 Å². The van der Waals surface area contributed by atoms with Gasteiger partial charge in [-0.25, -0.2) is 0 Å². The number of morpholine rings is 1. The first-order chi connectivity index (χ1) is 11.7. The molecule has 1 fully saturated rings. The summed E-state index contributed by atoms with van der Waals surface area (Å²) in [4.78, 5) is 6.96. The van der Waals surface area contributed by atoms with Gasteiger partial charge in [0, 0.05) is 38.3 Å². The van der Waals surface area contributed by atoms with Crippen molar-refractivity contribution in [3.8, 4) is 0 Å². The first-order valence-corrected chi connectivity index (χ1v) is 8.74. The Hall–Kier alpha value is -1.06. The van der Waals surface area contributed by atoms with Gasteiger partial charge >= 0.3 is 6.18 Å². The van der Waals surface area contributed by atoms with E-state index in [-0.39, 0.29) is 12.1 Å². The number of rotatable bonds is 9. The van der Waals surface area contributed by atoms with E-state index in [1.165, 1.54) is 0 Å². The van der Waals surface area contributed by atoms with Crippen molar-refractivity contribution in [1.82, 2.24) is 15.5 Å². The standard InChI is InChI=1S/C16H31F3N4O2/c1-4-20-14(21-6-5-9-25-13-16(17,18)19)22-12-15(2,3)23-7-10-24-11-8-23/h4-13H2,1-3H3,(H2,20,21,22). The Morgan fingerprint density at radius 1 is 1.20 bits per heavy atom. The quantitative estimate of drug-likeness (QED) is 0.368. The SMILES string of the molecule is CCNC(=NCC(C)(C)N1CCOCC1)NCCCOCC(F)(F)F. The van der Waals surface area contributed by atoms with E-state index in [4.69, 9.17) is 4.74 Å². The van der Waals surface area contributed by atoms with Gasteiger partial charge in [-0.3, -0.25) is 9.89 Å². The molecule has 1 heterocycles. The fourth-order valence-corrected chi connectivity index (χ4v) is 2.45. The average Bonchev–Trinajstić information content (AvgIpc) is 2.55. The summed E-state index contributed by atoms with van der Waals surface area (Å²) in [5.74, 6) is 0.666. The van der Waals surface area contributed by atoms with Crippen LogP contribution in [0.2, 0.25) is 0 Å². The molecule has 0 unspecified atom stereocenters. The van der Waals surface area contributed by atoms with E-state index < -0.39 is 12.8 Å². The Labute approximate surface area is 148 Å². The molecule has 0 amide bonds. The predicted molar refractivity (Wildman–Crippen MR) is 91.9 cm³/mol. The van der Waals surface area contributed by atoms with Crippen molar-refractivity contribution in [3.63, 3.8) is 0 Å². The average molecular weight is 368 g/mol. The molecule has 6 nitrogen and oxygen atoms in total.